The minimum absolute atomic E-state index is 0.698. The molecule has 0 radical (unpaired) electrons. The Kier molecular flexibility index (Phi) is 3.40. The van der Waals surface area contributed by atoms with Gasteiger partial charge in [-0.2, -0.15) is 0 Å². The van der Waals surface area contributed by atoms with E-state index in [-0.39, 0.29) is 0 Å². The zero-order valence-corrected chi connectivity index (χ0v) is 7.47. The Labute approximate surface area is 68.6 Å². The van der Waals surface area contributed by atoms with Crippen LogP contribution in [0.4, 0.5) is 0 Å². The van der Waals surface area contributed by atoms with E-state index in [1.165, 1.54) is 37.8 Å². The first kappa shape index (κ1) is 8.57. The molecule has 1 fully saturated rings. The predicted octanol–water partition coefficient (Wildman–Crippen LogP) is 2.59. The van der Waals surface area contributed by atoms with E-state index < -0.39 is 0 Å². The first-order valence-corrected chi connectivity index (χ1v) is 4.42. The van der Waals surface area contributed by atoms with Crippen LogP contribution in [-0.2, 0) is 4.84 Å². The maximum Gasteiger partial charge on any atom is 0.106 e. The predicted molar refractivity (Wildman–Crippen MR) is 46.7 cm³/mol. The fourth-order valence-electron chi connectivity index (χ4n) is 1.74. The molecule has 1 rings (SSSR count). The number of nitrogens with zero attached hydrogens (tertiary/aromatic N) is 1. The molecule has 11 heavy (non-hydrogen) atoms. The van der Waals surface area contributed by atoms with Crippen LogP contribution < -0.4 is 0 Å². The quantitative estimate of drug-likeness (QED) is 0.443. The lowest BCUT2D eigenvalue weighted by molar-refractivity contribution is 0.209. The van der Waals surface area contributed by atoms with Crippen molar-refractivity contribution in [1.82, 2.24) is 0 Å². The van der Waals surface area contributed by atoms with Crippen LogP contribution in [0.15, 0.2) is 5.16 Å². The molecule has 0 amide bonds. The third-order valence-corrected chi connectivity index (χ3v) is 2.43. The summed E-state index contributed by atoms with van der Waals surface area (Å²) in [5.74, 6) is 0.698. The van der Waals surface area contributed by atoms with Crippen LogP contribution in [0.25, 0.3) is 0 Å². The molecular weight excluding hydrogens is 138 g/mol. The highest BCUT2D eigenvalue weighted by atomic mass is 16.6. The largest absolute Gasteiger partial charge is 0.399 e. The van der Waals surface area contributed by atoms with Gasteiger partial charge in [0.1, 0.15) is 7.11 Å². The highest BCUT2D eigenvalue weighted by Crippen LogP contribution is 2.24. The van der Waals surface area contributed by atoms with Crippen LogP contribution >= 0.6 is 0 Å². The van der Waals surface area contributed by atoms with Crippen molar-refractivity contribution in [2.24, 2.45) is 11.1 Å². The molecule has 1 aliphatic carbocycles. The summed E-state index contributed by atoms with van der Waals surface area (Å²) >= 11 is 0. The summed E-state index contributed by atoms with van der Waals surface area (Å²) in [4.78, 5) is 4.74. The Hall–Kier alpha value is -0.530. The number of hydrogen-bond donors (Lipinski definition) is 0. The van der Waals surface area contributed by atoms with Crippen LogP contribution in [-0.4, -0.2) is 12.8 Å². The lowest BCUT2D eigenvalue weighted by Crippen LogP contribution is -2.14. The molecule has 0 unspecified atom stereocenters. The van der Waals surface area contributed by atoms with E-state index in [0.29, 0.717) is 5.92 Å². The highest BCUT2D eigenvalue weighted by molar-refractivity contribution is 5.83. The summed E-state index contributed by atoms with van der Waals surface area (Å²) in [6.45, 7) is 2.07. The van der Waals surface area contributed by atoms with Crippen LogP contribution in [0.5, 0.6) is 0 Å². The van der Waals surface area contributed by atoms with Gasteiger partial charge in [0.05, 0.1) is 5.71 Å². The maximum absolute atomic E-state index is 4.74. The third kappa shape index (κ3) is 2.52. The van der Waals surface area contributed by atoms with Crippen LogP contribution in [0.1, 0.15) is 39.0 Å². The molecule has 0 aromatic rings. The van der Waals surface area contributed by atoms with Gasteiger partial charge in [0.2, 0.25) is 0 Å². The lowest BCUT2D eigenvalue weighted by atomic mass is 9.86. The van der Waals surface area contributed by atoms with Crippen molar-refractivity contribution >= 4 is 5.71 Å². The average Bonchev–Trinajstić information content (AvgIpc) is 2.07. The normalized spacial score (nSPS) is 21.8. The molecule has 0 bridgehead atoms. The summed E-state index contributed by atoms with van der Waals surface area (Å²) in [6.07, 6.45) is 6.73. The molecule has 0 heterocycles. The molecule has 2 nitrogen and oxygen atoms in total. The molecule has 0 N–H and O–H groups in total. The van der Waals surface area contributed by atoms with E-state index in [0.717, 1.165) is 0 Å². The van der Waals surface area contributed by atoms with Gasteiger partial charge in [-0.3, -0.25) is 0 Å². The van der Waals surface area contributed by atoms with Gasteiger partial charge in [-0.15, -0.1) is 0 Å². The Morgan fingerprint density at radius 3 is 2.45 bits per heavy atom. The first-order chi connectivity index (χ1) is 5.34. The molecule has 0 aliphatic heterocycles. The maximum atomic E-state index is 4.74. The zero-order chi connectivity index (χ0) is 8.10. The molecule has 1 aliphatic rings. The van der Waals surface area contributed by atoms with Crippen LogP contribution in [0, 0.1) is 5.92 Å². The monoisotopic (exact) mass is 155 g/mol. The van der Waals surface area contributed by atoms with E-state index in [1.807, 2.05) is 0 Å². The van der Waals surface area contributed by atoms with E-state index in [2.05, 4.69) is 12.1 Å². The summed E-state index contributed by atoms with van der Waals surface area (Å²) in [7, 11) is 1.62. The van der Waals surface area contributed by atoms with Crippen LogP contribution in [0.2, 0.25) is 0 Å². The summed E-state index contributed by atoms with van der Waals surface area (Å²) in [5.41, 5.74) is 1.17. The minimum Gasteiger partial charge on any atom is -0.399 e. The lowest BCUT2D eigenvalue weighted by Gasteiger charge is -2.20. The molecule has 0 aromatic carbocycles. The van der Waals surface area contributed by atoms with Gasteiger partial charge >= 0.3 is 0 Å². The van der Waals surface area contributed by atoms with Crippen molar-refractivity contribution in [3.8, 4) is 0 Å². The van der Waals surface area contributed by atoms with E-state index >= 15 is 0 Å². The molecule has 64 valence electrons. The molecular formula is C9H17NO. The topological polar surface area (TPSA) is 21.6 Å². The van der Waals surface area contributed by atoms with Gasteiger partial charge in [-0.05, 0) is 19.8 Å². The average molecular weight is 155 g/mol. The zero-order valence-electron chi connectivity index (χ0n) is 7.47. The standard InChI is InChI=1S/C9H17NO/c1-8(10-11-2)9-6-4-3-5-7-9/h9H,3-7H2,1-2H3/b10-8+. The van der Waals surface area contributed by atoms with Gasteiger partial charge in [-0.25, -0.2) is 0 Å². The molecule has 2 heteroatoms. The SMILES string of the molecule is CO/N=C(\C)C1CCCCC1. The smallest absolute Gasteiger partial charge is 0.106 e. The van der Waals surface area contributed by atoms with E-state index in [9.17, 15) is 0 Å². The van der Waals surface area contributed by atoms with Crippen molar-refractivity contribution in [3.63, 3.8) is 0 Å². The van der Waals surface area contributed by atoms with Gasteiger partial charge in [-0.1, -0.05) is 24.4 Å². The summed E-state index contributed by atoms with van der Waals surface area (Å²) in [6, 6.07) is 0. The Bertz CT molecular complexity index is 136. The second kappa shape index (κ2) is 4.37. The number of hydrogen-bond acceptors (Lipinski definition) is 2. The summed E-state index contributed by atoms with van der Waals surface area (Å²) < 4.78 is 0. The van der Waals surface area contributed by atoms with E-state index in [1.54, 1.807) is 7.11 Å². The van der Waals surface area contributed by atoms with Gasteiger partial charge in [0, 0.05) is 5.92 Å². The molecule has 0 aromatic heterocycles. The second-order valence-electron chi connectivity index (χ2n) is 3.25. The van der Waals surface area contributed by atoms with E-state index in [4.69, 9.17) is 4.84 Å². The first-order valence-electron chi connectivity index (χ1n) is 4.42. The molecule has 1 saturated carbocycles. The molecule has 0 saturated heterocycles. The fourth-order valence-corrected chi connectivity index (χ4v) is 1.74. The number of oxime groups is 1. The van der Waals surface area contributed by atoms with Gasteiger partial charge < -0.3 is 4.84 Å². The van der Waals surface area contributed by atoms with Crippen molar-refractivity contribution in [1.29, 1.82) is 0 Å². The van der Waals surface area contributed by atoms with Crippen molar-refractivity contribution in [2.75, 3.05) is 7.11 Å². The summed E-state index contributed by atoms with van der Waals surface area (Å²) in [5, 5.41) is 3.96. The highest BCUT2D eigenvalue weighted by Gasteiger charge is 2.15. The minimum atomic E-state index is 0.698. The fraction of sp³-hybridized carbons (Fsp3) is 0.889. The Morgan fingerprint density at radius 2 is 1.91 bits per heavy atom. The van der Waals surface area contributed by atoms with Crippen molar-refractivity contribution < 1.29 is 4.84 Å². The number of rotatable bonds is 2. The van der Waals surface area contributed by atoms with Gasteiger partial charge in [0.25, 0.3) is 0 Å². The molecule has 0 spiro atoms. The second-order valence-corrected chi connectivity index (χ2v) is 3.25. The molecule has 0 atom stereocenters. The van der Waals surface area contributed by atoms with Gasteiger partial charge in [0.15, 0.2) is 0 Å². The van der Waals surface area contributed by atoms with Crippen molar-refractivity contribution in [3.05, 3.63) is 0 Å². The van der Waals surface area contributed by atoms with Crippen molar-refractivity contribution in [2.45, 2.75) is 39.0 Å². The third-order valence-electron chi connectivity index (χ3n) is 2.43. The van der Waals surface area contributed by atoms with Crippen LogP contribution in [0.3, 0.4) is 0 Å². The Morgan fingerprint density at radius 1 is 1.27 bits per heavy atom. The Balaban J connectivity index is 2.38.